The first-order valence-corrected chi connectivity index (χ1v) is 2.35. The molecule has 0 spiro atoms. The van der Waals surface area contributed by atoms with Gasteiger partial charge in [0.25, 0.3) is 0 Å². The fraction of sp³-hybridized carbons (Fsp3) is 0. The Kier molecular flexibility index (Phi) is 4.10. The Morgan fingerprint density at radius 2 is 1.71 bits per heavy atom. The lowest BCUT2D eigenvalue weighted by Crippen LogP contribution is -1.90. The summed E-state index contributed by atoms with van der Waals surface area (Å²) in [5.41, 5.74) is 0. The maximum atomic E-state index is 10.4. The fourth-order valence-electron chi connectivity index (χ4n) is 0. The van der Waals surface area contributed by atoms with Crippen LogP contribution < -0.4 is 0 Å². The largest absolute Gasteiger partial charge is 0.412 e. The third-order valence-corrected chi connectivity index (χ3v) is 0.292. The molecule has 0 atom stereocenters. The van der Waals surface area contributed by atoms with Crippen molar-refractivity contribution in [3.05, 3.63) is 6.01 Å². The normalized spacial score (nSPS) is 10.0. The highest BCUT2D eigenvalue weighted by Crippen LogP contribution is 1.86. The van der Waals surface area contributed by atoms with Gasteiger partial charge in [-0.3, -0.25) is 4.55 Å². The third-order valence-electron chi connectivity index (χ3n) is 0.0975. The molecule has 0 heterocycles. The van der Waals surface area contributed by atoms with Gasteiger partial charge in [-0.1, -0.05) is 0 Å². The molecule has 0 bridgehead atoms. The fourth-order valence-corrected chi connectivity index (χ4v) is 0. The molecular weight excluding hydrogens is 127 g/mol. The Balaban J connectivity index is 0. The van der Waals surface area contributed by atoms with Crippen LogP contribution in [-0.2, 0) is 10.1 Å². The zero-order valence-electron chi connectivity index (χ0n) is 3.05. The molecule has 0 aliphatic heterocycles. The van der Waals surface area contributed by atoms with Crippen molar-refractivity contribution in [1.82, 2.24) is 0 Å². The van der Waals surface area contributed by atoms with Gasteiger partial charge in [-0.15, -0.1) is 0 Å². The van der Waals surface area contributed by atoms with E-state index in [4.69, 9.17) is 13.0 Å². The lowest BCUT2D eigenvalue weighted by Gasteiger charge is -1.73. The molecule has 6 heteroatoms. The first-order chi connectivity index (χ1) is 2.56. The smallest absolute Gasteiger partial charge is 0.344 e. The minimum atomic E-state index is -4.58. The molecule has 0 fully saturated rings. The highest BCUT2D eigenvalue weighted by Gasteiger charge is 2.02. The minimum Gasteiger partial charge on any atom is -0.412 e. The van der Waals surface area contributed by atoms with E-state index in [9.17, 15) is 4.39 Å². The van der Waals surface area contributed by atoms with Gasteiger partial charge in [0.05, 0.1) is 0 Å². The molecule has 0 rings (SSSR count). The van der Waals surface area contributed by atoms with Crippen LogP contribution in [0.1, 0.15) is 0 Å². The molecule has 0 amide bonds. The molecule has 0 aromatic rings. The maximum absolute atomic E-state index is 10.4. The predicted molar refractivity (Wildman–Crippen MR) is 19.5 cm³/mol. The van der Waals surface area contributed by atoms with Gasteiger partial charge in [-0.2, -0.15) is 8.42 Å². The van der Waals surface area contributed by atoms with Gasteiger partial charge in [-0.05, 0) is 0 Å². The molecule has 0 aromatic carbocycles. The van der Waals surface area contributed by atoms with Gasteiger partial charge in [0.1, 0.15) is 0 Å². The van der Waals surface area contributed by atoms with E-state index in [1.54, 1.807) is 0 Å². The second kappa shape index (κ2) is 2.89. The standard InChI is InChI=1S/CHFO3S.H2O/c2-1-6(3,4)5;/h(H,3,4,5);1H2. The molecule has 0 aromatic heterocycles. The second-order valence-electron chi connectivity index (χ2n) is 0.552. The highest BCUT2D eigenvalue weighted by atomic mass is 32.2. The molecule has 44 valence electrons. The number of hydrogen-bond acceptors (Lipinski definition) is 2. The van der Waals surface area contributed by atoms with Crippen LogP contribution >= 0.6 is 0 Å². The van der Waals surface area contributed by atoms with E-state index in [1.807, 2.05) is 0 Å². The van der Waals surface area contributed by atoms with Gasteiger partial charge in [0.2, 0.25) is 0 Å². The van der Waals surface area contributed by atoms with Crippen molar-refractivity contribution >= 4 is 10.1 Å². The number of rotatable bonds is 1. The molecule has 2 radical (unpaired) electrons. The van der Waals surface area contributed by atoms with Crippen LogP contribution in [0.3, 0.4) is 0 Å². The Morgan fingerprint density at radius 3 is 1.71 bits per heavy atom. The van der Waals surface area contributed by atoms with Crippen molar-refractivity contribution in [2.45, 2.75) is 0 Å². The Labute approximate surface area is 40.0 Å². The van der Waals surface area contributed by atoms with Crippen LogP contribution in [0.2, 0.25) is 0 Å². The quantitative estimate of drug-likeness (QED) is 0.462. The molecular formula is CH3FO4S. The third kappa shape index (κ3) is 10.7. The highest BCUT2D eigenvalue weighted by molar-refractivity contribution is 7.87. The van der Waals surface area contributed by atoms with Crippen LogP contribution in [0.25, 0.3) is 0 Å². The average molecular weight is 130 g/mol. The first kappa shape index (κ1) is 9.93. The lowest BCUT2D eigenvalue weighted by atomic mass is 11.8. The van der Waals surface area contributed by atoms with Gasteiger partial charge in [0, 0.05) is 0 Å². The van der Waals surface area contributed by atoms with Crippen LogP contribution in [0.5, 0.6) is 0 Å². The van der Waals surface area contributed by atoms with Crippen LogP contribution in [0.15, 0.2) is 0 Å². The topological polar surface area (TPSA) is 85.9 Å². The summed E-state index contributed by atoms with van der Waals surface area (Å²) < 4.78 is 35.9. The van der Waals surface area contributed by atoms with Gasteiger partial charge in [0.15, 0.2) is 0 Å². The van der Waals surface area contributed by atoms with E-state index in [0.717, 1.165) is 0 Å². The summed E-state index contributed by atoms with van der Waals surface area (Å²) >= 11 is 0. The summed E-state index contributed by atoms with van der Waals surface area (Å²) in [5, 5.41) is 0. The Hall–Kier alpha value is -0.200. The monoisotopic (exact) mass is 130 g/mol. The molecule has 0 unspecified atom stereocenters. The van der Waals surface area contributed by atoms with Crippen LogP contribution in [0, 0.1) is 6.01 Å². The van der Waals surface area contributed by atoms with Gasteiger partial charge < -0.3 is 5.48 Å². The zero-order chi connectivity index (χ0) is 5.21. The zero-order valence-corrected chi connectivity index (χ0v) is 3.87. The number of hydrogen-bond donors (Lipinski definition) is 1. The van der Waals surface area contributed by atoms with Crippen molar-refractivity contribution in [2.75, 3.05) is 0 Å². The molecule has 4 nitrogen and oxygen atoms in total. The second-order valence-corrected chi connectivity index (χ2v) is 1.66. The van der Waals surface area contributed by atoms with E-state index in [-0.39, 0.29) is 11.5 Å². The van der Waals surface area contributed by atoms with Crippen molar-refractivity contribution < 1.29 is 22.8 Å². The Morgan fingerprint density at radius 1 is 1.57 bits per heavy atom. The van der Waals surface area contributed by atoms with E-state index in [2.05, 4.69) is 0 Å². The molecule has 7 heavy (non-hydrogen) atoms. The van der Waals surface area contributed by atoms with E-state index < -0.39 is 10.1 Å². The van der Waals surface area contributed by atoms with Crippen molar-refractivity contribution in [3.63, 3.8) is 0 Å². The molecule has 3 N–H and O–H groups in total. The predicted octanol–water partition coefficient (Wildman–Crippen LogP) is -0.985. The van der Waals surface area contributed by atoms with E-state index in [0.29, 0.717) is 0 Å². The summed E-state index contributed by atoms with van der Waals surface area (Å²) in [4.78, 5) is 0. The average Bonchev–Trinajstić information content (AvgIpc) is 1.35. The summed E-state index contributed by atoms with van der Waals surface area (Å²) in [6.45, 7) is 0. The van der Waals surface area contributed by atoms with Crippen molar-refractivity contribution in [3.8, 4) is 0 Å². The summed E-state index contributed by atoms with van der Waals surface area (Å²) in [7, 11) is -4.58. The van der Waals surface area contributed by atoms with Crippen molar-refractivity contribution in [2.24, 2.45) is 0 Å². The Bertz CT molecular complexity index is 114. The number of halogens is 1. The van der Waals surface area contributed by atoms with Crippen molar-refractivity contribution in [1.29, 1.82) is 0 Å². The molecule has 0 saturated carbocycles. The summed E-state index contributed by atoms with van der Waals surface area (Å²) in [6.07, 6.45) is 0. The molecule has 0 saturated heterocycles. The SMILES string of the molecule is O.O=S(=O)(O)[C]F. The van der Waals surface area contributed by atoms with Crippen LogP contribution in [-0.4, -0.2) is 18.4 Å². The van der Waals surface area contributed by atoms with Crippen LogP contribution in [0.4, 0.5) is 4.39 Å². The lowest BCUT2D eigenvalue weighted by molar-refractivity contribution is 0.471. The summed E-state index contributed by atoms with van der Waals surface area (Å²) in [5.74, 6) is 0. The molecule has 0 aliphatic carbocycles. The van der Waals surface area contributed by atoms with E-state index in [1.165, 1.54) is 0 Å². The van der Waals surface area contributed by atoms with E-state index >= 15 is 0 Å². The van der Waals surface area contributed by atoms with Gasteiger partial charge >= 0.3 is 16.1 Å². The molecule has 0 aliphatic rings. The minimum absolute atomic E-state index is 0. The summed E-state index contributed by atoms with van der Waals surface area (Å²) in [6, 6.07) is 0.132. The first-order valence-electron chi connectivity index (χ1n) is 0.909. The maximum Gasteiger partial charge on any atom is 0.344 e. The van der Waals surface area contributed by atoms with Gasteiger partial charge in [-0.25, -0.2) is 4.39 Å².